The van der Waals surface area contributed by atoms with Crippen molar-refractivity contribution in [2.45, 2.75) is 70.1 Å². The Balaban J connectivity index is 1.56. The Kier molecular flexibility index (Phi) is 4.23. The van der Waals surface area contributed by atoms with E-state index in [9.17, 15) is 0 Å². The summed E-state index contributed by atoms with van der Waals surface area (Å²) in [7, 11) is 0. The van der Waals surface area contributed by atoms with Crippen LogP contribution in [0.2, 0.25) is 0 Å². The molecule has 0 amide bonds. The molecular formula is C18H27NO2. The fourth-order valence-corrected chi connectivity index (χ4v) is 3.70. The van der Waals surface area contributed by atoms with Crippen LogP contribution in [0.1, 0.15) is 62.6 Å². The molecule has 21 heavy (non-hydrogen) atoms. The van der Waals surface area contributed by atoms with Crippen LogP contribution in [0.5, 0.6) is 5.75 Å². The van der Waals surface area contributed by atoms with Crippen molar-refractivity contribution in [3.8, 4) is 5.75 Å². The van der Waals surface area contributed by atoms with Gasteiger partial charge in [-0.15, -0.1) is 0 Å². The summed E-state index contributed by atoms with van der Waals surface area (Å²) in [4.78, 5) is 0. The normalized spacial score (nSPS) is 25.4. The molecule has 0 aromatic heterocycles. The molecule has 116 valence electrons. The summed E-state index contributed by atoms with van der Waals surface area (Å²) in [5.41, 5.74) is 8.41. The lowest BCUT2D eigenvalue weighted by Crippen LogP contribution is -2.27. The third-order valence-electron chi connectivity index (χ3n) is 5.00. The molecule has 1 saturated carbocycles. The second-order valence-corrected chi connectivity index (χ2v) is 6.79. The van der Waals surface area contributed by atoms with E-state index in [0.717, 1.165) is 23.3 Å². The molecule has 0 bridgehead atoms. The molecule has 3 heteroatoms. The lowest BCUT2D eigenvalue weighted by atomic mass is 9.98. The summed E-state index contributed by atoms with van der Waals surface area (Å²) in [6.07, 6.45) is 7.74. The predicted molar refractivity (Wildman–Crippen MR) is 84.6 cm³/mol. The van der Waals surface area contributed by atoms with Crippen LogP contribution in [0.25, 0.3) is 0 Å². The maximum atomic E-state index is 6.29. The number of benzene rings is 1. The van der Waals surface area contributed by atoms with Gasteiger partial charge in [0.05, 0.1) is 11.7 Å². The maximum absolute atomic E-state index is 6.29. The molecule has 0 radical (unpaired) electrons. The third-order valence-corrected chi connectivity index (χ3v) is 5.00. The van der Waals surface area contributed by atoms with Crippen molar-refractivity contribution in [1.82, 2.24) is 0 Å². The molecule has 2 aliphatic rings. The molecule has 1 aromatic rings. The summed E-state index contributed by atoms with van der Waals surface area (Å²) in [6.45, 7) is 4.75. The highest BCUT2D eigenvalue weighted by Crippen LogP contribution is 2.43. The van der Waals surface area contributed by atoms with E-state index in [1.807, 2.05) is 13.0 Å². The van der Waals surface area contributed by atoms with E-state index in [4.69, 9.17) is 15.2 Å². The summed E-state index contributed by atoms with van der Waals surface area (Å²) >= 11 is 0. The molecule has 1 heterocycles. The number of aryl methyl sites for hydroxylation is 1. The monoisotopic (exact) mass is 289 g/mol. The molecule has 2 fully saturated rings. The quantitative estimate of drug-likeness (QED) is 0.914. The van der Waals surface area contributed by atoms with E-state index >= 15 is 0 Å². The average molecular weight is 289 g/mol. The maximum Gasteiger partial charge on any atom is 0.122 e. The topological polar surface area (TPSA) is 44.5 Å². The highest BCUT2D eigenvalue weighted by Gasteiger charge is 2.42. The van der Waals surface area contributed by atoms with Crippen molar-refractivity contribution in [3.63, 3.8) is 0 Å². The Morgan fingerprint density at radius 3 is 2.76 bits per heavy atom. The molecule has 1 spiro atoms. The fourth-order valence-electron chi connectivity index (χ4n) is 3.70. The van der Waals surface area contributed by atoms with E-state index in [0.29, 0.717) is 6.61 Å². The van der Waals surface area contributed by atoms with Gasteiger partial charge in [-0.25, -0.2) is 0 Å². The number of nitrogens with two attached hydrogens (primary N) is 1. The van der Waals surface area contributed by atoms with Crippen LogP contribution in [0.3, 0.4) is 0 Å². The SMILES string of the molecule is Cc1cc(C(C)N)ccc1OCC1CCC2(CCCC2)O1. The first kappa shape index (κ1) is 14.9. The van der Waals surface area contributed by atoms with Crippen molar-refractivity contribution in [2.75, 3.05) is 6.61 Å². The standard InChI is InChI=1S/C18H27NO2/c1-13-11-15(14(2)19)5-6-17(13)20-12-16-7-10-18(21-16)8-3-4-9-18/h5-6,11,14,16H,3-4,7-10,12,19H2,1-2H3. The van der Waals surface area contributed by atoms with Crippen LogP contribution < -0.4 is 10.5 Å². The summed E-state index contributed by atoms with van der Waals surface area (Å²) in [5.74, 6) is 0.954. The van der Waals surface area contributed by atoms with Crippen LogP contribution in [0, 0.1) is 6.92 Å². The molecule has 3 rings (SSSR count). The minimum Gasteiger partial charge on any atom is -0.491 e. The van der Waals surface area contributed by atoms with E-state index in [2.05, 4.69) is 19.1 Å². The average Bonchev–Trinajstić information content (AvgIpc) is 3.08. The molecule has 1 aliphatic carbocycles. The molecular weight excluding hydrogens is 262 g/mol. The van der Waals surface area contributed by atoms with Crippen LogP contribution in [-0.2, 0) is 4.74 Å². The lowest BCUT2D eigenvalue weighted by Gasteiger charge is -2.24. The second-order valence-electron chi connectivity index (χ2n) is 6.79. The van der Waals surface area contributed by atoms with E-state index in [1.165, 1.54) is 32.1 Å². The Bertz CT molecular complexity index is 492. The van der Waals surface area contributed by atoms with Gasteiger partial charge < -0.3 is 15.2 Å². The van der Waals surface area contributed by atoms with E-state index < -0.39 is 0 Å². The molecule has 1 aliphatic heterocycles. The second kappa shape index (κ2) is 5.98. The van der Waals surface area contributed by atoms with Gasteiger partial charge in [0, 0.05) is 6.04 Å². The summed E-state index contributed by atoms with van der Waals surface area (Å²) in [6, 6.07) is 6.28. The van der Waals surface area contributed by atoms with Gasteiger partial charge in [-0.2, -0.15) is 0 Å². The van der Waals surface area contributed by atoms with Crippen LogP contribution in [0.4, 0.5) is 0 Å². The molecule has 1 aromatic carbocycles. The number of hydrogen-bond donors (Lipinski definition) is 1. The van der Waals surface area contributed by atoms with E-state index in [-0.39, 0.29) is 17.7 Å². The van der Waals surface area contributed by atoms with Crippen LogP contribution in [0.15, 0.2) is 18.2 Å². The Hall–Kier alpha value is -1.06. The lowest BCUT2D eigenvalue weighted by molar-refractivity contribution is -0.0509. The fraction of sp³-hybridized carbons (Fsp3) is 0.667. The molecule has 2 N–H and O–H groups in total. The van der Waals surface area contributed by atoms with Gasteiger partial charge in [-0.05, 0) is 56.7 Å². The third kappa shape index (κ3) is 3.24. The zero-order valence-electron chi connectivity index (χ0n) is 13.2. The highest BCUT2D eigenvalue weighted by molar-refractivity contribution is 5.37. The number of hydrogen-bond acceptors (Lipinski definition) is 3. The van der Waals surface area contributed by atoms with Crippen molar-refractivity contribution < 1.29 is 9.47 Å². The van der Waals surface area contributed by atoms with Crippen LogP contribution >= 0.6 is 0 Å². The number of ether oxygens (including phenoxy) is 2. The van der Waals surface area contributed by atoms with Crippen molar-refractivity contribution in [1.29, 1.82) is 0 Å². The van der Waals surface area contributed by atoms with Gasteiger partial charge in [0.15, 0.2) is 0 Å². The van der Waals surface area contributed by atoms with Gasteiger partial charge in [0.2, 0.25) is 0 Å². The van der Waals surface area contributed by atoms with Gasteiger partial charge >= 0.3 is 0 Å². The summed E-state index contributed by atoms with van der Waals surface area (Å²) in [5, 5.41) is 0. The van der Waals surface area contributed by atoms with Crippen molar-refractivity contribution in [3.05, 3.63) is 29.3 Å². The zero-order valence-corrected chi connectivity index (χ0v) is 13.2. The van der Waals surface area contributed by atoms with Gasteiger partial charge in [0.25, 0.3) is 0 Å². The molecule has 2 unspecified atom stereocenters. The molecule has 2 atom stereocenters. The number of rotatable bonds is 4. The van der Waals surface area contributed by atoms with Gasteiger partial charge in [-0.3, -0.25) is 0 Å². The predicted octanol–water partition coefficient (Wildman–Crippen LogP) is 3.89. The minimum atomic E-state index is 0.0677. The van der Waals surface area contributed by atoms with Crippen molar-refractivity contribution >= 4 is 0 Å². The summed E-state index contributed by atoms with van der Waals surface area (Å²) < 4.78 is 12.3. The first-order chi connectivity index (χ1) is 10.1. The Morgan fingerprint density at radius 2 is 2.10 bits per heavy atom. The minimum absolute atomic E-state index is 0.0677. The smallest absolute Gasteiger partial charge is 0.122 e. The first-order valence-electron chi connectivity index (χ1n) is 8.25. The van der Waals surface area contributed by atoms with Crippen LogP contribution in [-0.4, -0.2) is 18.3 Å². The van der Waals surface area contributed by atoms with Gasteiger partial charge in [-0.1, -0.05) is 25.0 Å². The van der Waals surface area contributed by atoms with Gasteiger partial charge in [0.1, 0.15) is 12.4 Å². The Labute approximate surface area is 127 Å². The zero-order chi connectivity index (χ0) is 14.9. The largest absolute Gasteiger partial charge is 0.491 e. The Morgan fingerprint density at radius 1 is 1.33 bits per heavy atom. The molecule has 1 saturated heterocycles. The highest BCUT2D eigenvalue weighted by atomic mass is 16.6. The van der Waals surface area contributed by atoms with E-state index in [1.54, 1.807) is 0 Å². The van der Waals surface area contributed by atoms with Crippen molar-refractivity contribution in [2.24, 2.45) is 5.73 Å². The molecule has 3 nitrogen and oxygen atoms in total. The first-order valence-corrected chi connectivity index (χ1v) is 8.25.